The Morgan fingerprint density at radius 2 is 1.65 bits per heavy atom. The second kappa shape index (κ2) is 6.02. The number of carbonyl (C=O) groups is 2. The zero-order valence-corrected chi connectivity index (χ0v) is 11.3. The summed E-state index contributed by atoms with van der Waals surface area (Å²) in [5.41, 5.74) is -1.67. The smallest absolute Gasteiger partial charge is 0.337 e. The number of aliphatic carboxylic acids is 2. The van der Waals surface area contributed by atoms with Crippen LogP contribution in [0, 0.1) is 5.92 Å². The van der Waals surface area contributed by atoms with Gasteiger partial charge in [-0.2, -0.15) is 0 Å². The molecule has 110 valence electrons. The van der Waals surface area contributed by atoms with Crippen LogP contribution >= 0.6 is 0 Å². The molecular formula is C14H18O6. The predicted molar refractivity (Wildman–Crippen MR) is 70.2 cm³/mol. The molecule has 0 bridgehead atoms. The second-order valence-corrected chi connectivity index (χ2v) is 4.96. The molecule has 0 amide bonds. The first kappa shape index (κ1) is 16.1. The summed E-state index contributed by atoms with van der Waals surface area (Å²) in [6.07, 6.45) is 0. The third kappa shape index (κ3) is 2.81. The maximum Gasteiger partial charge on any atom is 0.337 e. The number of benzene rings is 1. The molecule has 1 aromatic rings. The first-order chi connectivity index (χ1) is 9.25. The summed E-state index contributed by atoms with van der Waals surface area (Å²) in [5, 5.41) is 37.8. The van der Waals surface area contributed by atoms with Gasteiger partial charge in [-0.1, -0.05) is 38.1 Å². The highest BCUT2D eigenvalue weighted by molar-refractivity contribution is 5.89. The molecule has 4 N–H and O–H groups in total. The van der Waals surface area contributed by atoms with Crippen molar-refractivity contribution in [1.82, 2.24) is 0 Å². The third-order valence-corrected chi connectivity index (χ3v) is 3.41. The molecule has 0 heterocycles. The van der Waals surface area contributed by atoms with Crippen molar-refractivity contribution in [1.29, 1.82) is 0 Å². The maximum atomic E-state index is 11.4. The highest BCUT2D eigenvalue weighted by atomic mass is 16.4. The normalized spacial score (nSPS) is 15.7. The topological polar surface area (TPSA) is 115 Å². The van der Waals surface area contributed by atoms with Crippen LogP contribution in [0.2, 0.25) is 0 Å². The van der Waals surface area contributed by atoms with Gasteiger partial charge in [0.05, 0.1) is 6.61 Å². The van der Waals surface area contributed by atoms with Crippen molar-refractivity contribution in [3.63, 3.8) is 0 Å². The fourth-order valence-corrected chi connectivity index (χ4v) is 2.10. The van der Waals surface area contributed by atoms with Gasteiger partial charge < -0.3 is 20.4 Å². The zero-order chi connectivity index (χ0) is 15.5. The van der Waals surface area contributed by atoms with Crippen molar-refractivity contribution in [3.05, 3.63) is 35.4 Å². The van der Waals surface area contributed by atoms with Gasteiger partial charge in [0.2, 0.25) is 0 Å². The second-order valence-electron chi connectivity index (χ2n) is 4.96. The molecular weight excluding hydrogens is 264 g/mol. The lowest BCUT2D eigenvalue weighted by atomic mass is 9.75. The molecule has 0 radical (unpaired) electrons. The van der Waals surface area contributed by atoms with E-state index in [0.29, 0.717) is 5.56 Å². The van der Waals surface area contributed by atoms with E-state index in [9.17, 15) is 24.9 Å². The Balaban J connectivity index is 3.35. The van der Waals surface area contributed by atoms with Gasteiger partial charge in [-0.15, -0.1) is 0 Å². The number of carboxylic acids is 2. The molecule has 0 saturated carbocycles. The molecule has 0 saturated heterocycles. The van der Waals surface area contributed by atoms with Crippen molar-refractivity contribution in [2.24, 2.45) is 5.92 Å². The average molecular weight is 282 g/mol. The lowest BCUT2D eigenvalue weighted by molar-refractivity contribution is -0.174. The quantitative estimate of drug-likeness (QED) is 0.614. The molecule has 6 heteroatoms. The van der Waals surface area contributed by atoms with E-state index in [1.807, 2.05) is 0 Å². The Morgan fingerprint density at radius 3 is 1.95 bits per heavy atom. The van der Waals surface area contributed by atoms with E-state index >= 15 is 0 Å². The van der Waals surface area contributed by atoms with Crippen LogP contribution in [0.25, 0.3) is 0 Å². The maximum absolute atomic E-state index is 11.4. The van der Waals surface area contributed by atoms with E-state index in [4.69, 9.17) is 5.11 Å². The van der Waals surface area contributed by atoms with Crippen LogP contribution in [0.3, 0.4) is 0 Å². The van der Waals surface area contributed by atoms with E-state index in [-0.39, 0.29) is 12.2 Å². The van der Waals surface area contributed by atoms with Gasteiger partial charge in [0, 0.05) is 0 Å². The highest BCUT2D eigenvalue weighted by Crippen LogP contribution is 2.35. The van der Waals surface area contributed by atoms with Crippen LogP contribution in [0.5, 0.6) is 0 Å². The SMILES string of the molecule is CC(C)C(O)(C(=O)O)C(C(=O)O)c1ccc(CO)cc1. The summed E-state index contributed by atoms with van der Waals surface area (Å²) >= 11 is 0. The Bertz CT molecular complexity index is 493. The van der Waals surface area contributed by atoms with Gasteiger partial charge in [0.15, 0.2) is 5.60 Å². The largest absolute Gasteiger partial charge is 0.481 e. The zero-order valence-electron chi connectivity index (χ0n) is 11.3. The lowest BCUT2D eigenvalue weighted by Crippen LogP contribution is -2.51. The molecule has 1 rings (SSSR count). The standard InChI is InChI=1S/C14H18O6/c1-8(2)14(20,13(18)19)11(12(16)17)10-5-3-9(7-15)4-6-10/h3-6,8,11,15,20H,7H2,1-2H3,(H,16,17)(H,18,19). The number of hydrogen-bond acceptors (Lipinski definition) is 4. The van der Waals surface area contributed by atoms with Crippen molar-refractivity contribution in [2.45, 2.75) is 32.0 Å². The van der Waals surface area contributed by atoms with Crippen molar-refractivity contribution >= 4 is 11.9 Å². The Hall–Kier alpha value is -1.92. The molecule has 0 aromatic heterocycles. The van der Waals surface area contributed by atoms with Crippen molar-refractivity contribution < 1.29 is 30.0 Å². The van der Waals surface area contributed by atoms with Crippen LogP contribution in [-0.4, -0.2) is 38.0 Å². The van der Waals surface area contributed by atoms with Crippen LogP contribution in [0.1, 0.15) is 30.9 Å². The van der Waals surface area contributed by atoms with Crippen molar-refractivity contribution in [3.8, 4) is 0 Å². The van der Waals surface area contributed by atoms with E-state index in [2.05, 4.69) is 0 Å². The molecule has 2 atom stereocenters. The van der Waals surface area contributed by atoms with Crippen LogP contribution in [0.4, 0.5) is 0 Å². The summed E-state index contributed by atoms with van der Waals surface area (Å²) in [7, 11) is 0. The summed E-state index contributed by atoms with van der Waals surface area (Å²) in [5.74, 6) is -5.38. The first-order valence-electron chi connectivity index (χ1n) is 6.13. The van der Waals surface area contributed by atoms with E-state index < -0.39 is 29.4 Å². The summed E-state index contributed by atoms with van der Waals surface area (Å²) < 4.78 is 0. The predicted octanol–water partition coefficient (Wildman–Crippen LogP) is 0.819. The van der Waals surface area contributed by atoms with Gasteiger partial charge >= 0.3 is 11.9 Å². The highest BCUT2D eigenvalue weighted by Gasteiger charge is 2.51. The lowest BCUT2D eigenvalue weighted by Gasteiger charge is -2.33. The van der Waals surface area contributed by atoms with Gasteiger partial charge in [-0.25, -0.2) is 4.79 Å². The number of aliphatic hydroxyl groups is 2. The number of aliphatic hydroxyl groups excluding tert-OH is 1. The van der Waals surface area contributed by atoms with E-state index in [0.717, 1.165) is 0 Å². The molecule has 1 aromatic carbocycles. The summed E-state index contributed by atoms with van der Waals surface area (Å²) in [6.45, 7) is 2.70. The number of carboxylic acid groups (broad SMARTS) is 2. The molecule has 6 nitrogen and oxygen atoms in total. The minimum absolute atomic E-state index is 0.174. The molecule has 0 spiro atoms. The fourth-order valence-electron chi connectivity index (χ4n) is 2.10. The monoisotopic (exact) mass is 282 g/mol. The molecule has 20 heavy (non-hydrogen) atoms. The molecule has 0 aliphatic rings. The minimum Gasteiger partial charge on any atom is -0.481 e. The fraction of sp³-hybridized carbons (Fsp3) is 0.429. The first-order valence-corrected chi connectivity index (χ1v) is 6.13. The van der Waals surface area contributed by atoms with E-state index in [1.165, 1.54) is 38.1 Å². The average Bonchev–Trinajstić information content (AvgIpc) is 2.38. The van der Waals surface area contributed by atoms with Gasteiger partial charge in [0.1, 0.15) is 5.92 Å². The van der Waals surface area contributed by atoms with Crippen LogP contribution < -0.4 is 0 Å². The van der Waals surface area contributed by atoms with Gasteiger partial charge in [-0.3, -0.25) is 4.79 Å². The Labute approximate surface area is 116 Å². The Kier molecular flexibility index (Phi) is 4.86. The molecule has 2 unspecified atom stereocenters. The summed E-state index contributed by atoms with van der Waals surface area (Å²) in [6, 6.07) is 5.79. The van der Waals surface area contributed by atoms with Crippen LogP contribution in [0.15, 0.2) is 24.3 Å². The number of rotatable bonds is 6. The summed E-state index contributed by atoms with van der Waals surface area (Å²) in [4.78, 5) is 22.8. The molecule has 0 aliphatic carbocycles. The van der Waals surface area contributed by atoms with Gasteiger partial charge in [-0.05, 0) is 17.0 Å². The minimum atomic E-state index is -2.41. The Morgan fingerprint density at radius 1 is 1.15 bits per heavy atom. The van der Waals surface area contributed by atoms with E-state index in [1.54, 1.807) is 0 Å². The van der Waals surface area contributed by atoms with Crippen molar-refractivity contribution in [2.75, 3.05) is 0 Å². The molecule has 0 aliphatic heterocycles. The number of hydrogen-bond donors (Lipinski definition) is 4. The van der Waals surface area contributed by atoms with Crippen LogP contribution in [-0.2, 0) is 16.2 Å². The van der Waals surface area contributed by atoms with Gasteiger partial charge in [0.25, 0.3) is 0 Å². The third-order valence-electron chi connectivity index (χ3n) is 3.41. The molecule has 0 fully saturated rings.